The first kappa shape index (κ1) is 18.6. The van der Waals surface area contributed by atoms with Crippen LogP contribution in [-0.4, -0.2) is 32.8 Å². The number of para-hydroxylation sites is 2. The van der Waals surface area contributed by atoms with Gasteiger partial charge in [0.05, 0.1) is 16.6 Å². The van der Waals surface area contributed by atoms with Gasteiger partial charge >= 0.3 is 0 Å². The van der Waals surface area contributed by atoms with Crippen molar-refractivity contribution in [3.8, 4) is 0 Å². The van der Waals surface area contributed by atoms with Gasteiger partial charge in [0, 0.05) is 47.4 Å². The molecule has 1 N–H and O–H groups in total. The lowest BCUT2D eigenvalue weighted by molar-refractivity contribution is -0.401. The molecule has 2 heterocycles. The molecule has 0 spiro atoms. The molecule has 1 unspecified atom stereocenters. The van der Waals surface area contributed by atoms with Gasteiger partial charge in [-0.05, 0) is 19.4 Å². The monoisotopic (exact) mass is 397 g/mol. The first-order valence-electron chi connectivity index (χ1n) is 10.3. The normalized spacial score (nSPS) is 22.3. The van der Waals surface area contributed by atoms with Crippen molar-refractivity contribution in [3.63, 3.8) is 0 Å². The number of benzene rings is 2. The van der Waals surface area contributed by atoms with E-state index in [1.165, 1.54) is 5.56 Å². The first-order chi connectivity index (χ1) is 14.4. The predicted octanol–water partition coefficient (Wildman–Crippen LogP) is 5.05. The number of aromatic nitrogens is 1. The van der Waals surface area contributed by atoms with E-state index in [1.807, 2.05) is 61.3 Å². The van der Waals surface area contributed by atoms with Crippen molar-refractivity contribution in [2.24, 2.45) is 7.05 Å². The van der Waals surface area contributed by atoms with Gasteiger partial charge in [-0.3, -0.25) is 4.79 Å². The highest BCUT2D eigenvalue weighted by Gasteiger charge is 2.47. The number of aryl methyl sites for hydroxylation is 1. The molecular formula is C26H25N2O2+. The summed E-state index contributed by atoms with van der Waals surface area (Å²) in [6.07, 6.45) is 4.71. The number of nitrogens with zero attached hydrogens (tertiary/aromatic N) is 2. The van der Waals surface area contributed by atoms with Crippen LogP contribution in [-0.2, 0) is 17.3 Å². The molecule has 5 rings (SSSR count). The zero-order valence-electron chi connectivity index (χ0n) is 17.7. The van der Waals surface area contributed by atoms with Crippen LogP contribution in [0.4, 0.5) is 5.69 Å². The molecule has 0 fully saturated rings. The van der Waals surface area contributed by atoms with E-state index >= 15 is 0 Å². The summed E-state index contributed by atoms with van der Waals surface area (Å²) in [5.74, 6) is -0.00850. The fraction of sp³-hybridized carbons (Fsp3) is 0.231. The molecule has 4 nitrogen and oxygen atoms in total. The number of ketones is 1. The van der Waals surface area contributed by atoms with Crippen molar-refractivity contribution in [3.05, 3.63) is 83.3 Å². The van der Waals surface area contributed by atoms with E-state index in [0.717, 1.165) is 34.3 Å². The predicted molar refractivity (Wildman–Crippen MR) is 120 cm³/mol. The van der Waals surface area contributed by atoms with Crippen LogP contribution in [0.5, 0.6) is 0 Å². The number of fused-ring (bicyclic) bond motifs is 2. The minimum atomic E-state index is -0.200. The van der Waals surface area contributed by atoms with Gasteiger partial charge in [0.15, 0.2) is 5.71 Å². The second-order valence-electron chi connectivity index (χ2n) is 8.43. The van der Waals surface area contributed by atoms with Crippen LogP contribution in [0.25, 0.3) is 16.5 Å². The van der Waals surface area contributed by atoms with Gasteiger partial charge < -0.3 is 9.67 Å². The Balaban J connectivity index is 1.64. The van der Waals surface area contributed by atoms with Crippen LogP contribution in [0.2, 0.25) is 0 Å². The average molecular weight is 397 g/mol. The fourth-order valence-electron chi connectivity index (χ4n) is 4.98. The Kier molecular flexibility index (Phi) is 3.91. The van der Waals surface area contributed by atoms with E-state index in [2.05, 4.69) is 36.6 Å². The van der Waals surface area contributed by atoms with E-state index in [4.69, 9.17) is 0 Å². The molecule has 1 atom stereocenters. The number of aliphatic hydroxyl groups excluding tert-OH is 1. The van der Waals surface area contributed by atoms with E-state index < -0.39 is 0 Å². The third kappa shape index (κ3) is 2.28. The molecule has 0 saturated carbocycles. The molecule has 1 aliphatic carbocycles. The van der Waals surface area contributed by atoms with E-state index in [1.54, 1.807) is 0 Å². The molecule has 1 aliphatic heterocycles. The number of carbonyl (C=O) groups is 1. The van der Waals surface area contributed by atoms with Gasteiger partial charge in [0.2, 0.25) is 11.5 Å². The minimum Gasteiger partial charge on any atom is -0.506 e. The van der Waals surface area contributed by atoms with E-state index in [9.17, 15) is 9.90 Å². The topological polar surface area (TPSA) is 45.2 Å². The van der Waals surface area contributed by atoms with Crippen LogP contribution < -0.4 is 0 Å². The first-order valence-corrected chi connectivity index (χ1v) is 10.3. The largest absolute Gasteiger partial charge is 0.506 e. The lowest BCUT2D eigenvalue weighted by atomic mass is 9.75. The Labute approximate surface area is 176 Å². The van der Waals surface area contributed by atoms with Crippen LogP contribution >= 0.6 is 0 Å². The summed E-state index contributed by atoms with van der Waals surface area (Å²) >= 11 is 0. The van der Waals surface area contributed by atoms with Gasteiger partial charge in [-0.2, -0.15) is 4.58 Å². The van der Waals surface area contributed by atoms with Crippen molar-refractivity contribution in [2.75, 3.05) is 7.05 Å². The van der Waals surface area contributed by atoms with Crippen LogP contribution in [0.1, 0.15) is 31.4 Å². The summed E-state index contributed by atoms with van der Waals surface area (Å²) in [6.45, 7) is 4.37. The number of Topliss-reactive ketones (excluding diaryl/α,β-unsaturated/α-hetero) is 1. The highest BCUT2D eigenvalue weighted by molar-refractivity contribution is 6.41. The molecular weight excluding hydrogens is 372 g/mol. The SMILES string of the molecule is CCC1(C)C(C=C2C(=O)C(c3cn(C)c4ccccc34)=C2O)=[N+](C)c2ccccc21. The molecule has 2 aliphatic rings. The summed E-state index contributed by atoms with van der Waals surface area (Å²) in [5.41, 5.74) is 5.88. The van der Waals surface area contributed by atoms with Crippen molar-refractivity contribution < 1.29 is 14.5 Å². The standard InChI is InChI=1S/C26H24N2O2/c1-5-26(2)19-11-7-9-13-21(19)28(4)22(26)14-17-24(29)23(25(17)30)18-15-27(3)20-12-8-6-10-16(18)20/h6-15H,5H2,1-4H3/p+1. The third-order valence-electron chi connectivity index (χ3n) is 6.90. The van der Waals surface area contributed by atoms with Gasteiger partial charge in [0.1, 0.15) is 12.8 Å². The Bertz CT molecular complexity index is 1340. The van der Waals surface area contributed by atoms with Gasteiger partial charge in [0.25, 0.3) is 0 Å². The van der Waals surface area contributed by atoms with Crippen molar-refractivity contribution >= 4 is 33.7 Å². The number of carbonyl (C=O) groups excluding carboxylic acids is 1. The smallest absolute Gasteiger partial charge is 0.209 e. The summed E-state index contributed by atoms with van der Waals surface area (Å²) in [5, 5.41) is 11.9. The zero-order chi connectivity index (χ0) is 21.2. The van der Waals surface area contributed by atoms with Crippen LogP contribution in [0.15, 0.2) is 72.1 Å². The summed E-state index contributed by atoms with van der Waals surface area (Å²) in [4.78, 5) is 13.2. The molecule has 1 aromatic heterocycles. The molecule has 0 saturated heterocycles. The highest BCUT2D eigenvalue weighted by Crippen LogP contribution is 2.44. The number of aliphatic hydroxyl groups is 1. The van der Waals surface area contributed by atoms with Gasteiger partial charge in [-0.1, -0.05) is 43.3 Å². The molecule has 0 amide bonds. The summed E-state index contributed by atoms with van der Waals surface area (Å²) in [7, 11) is 3.98. The van der Waals surface area contributed by atoms with E-state index in [0.29, 0.717) is 11.1 Å². The molecule has 0 bridgehead atoms. The lowest BCUT2D eigenvalue weighted by Crippen LogP contribution is -2.32. The lowest BCUT2D eigenvalue weighted by Gasteiger charge is -2.24. The Morgan fingerprint density at radius 2 is 1.83 bits per heavy atom. The number of hydrogen-bond donors (Lipinski definition) is 1. The summed E-state index contributed by atoms with van der Waals surface area (Å²) in [6, 6.07) is 16.3. The van der Waals surface area contributed by atoms with Gasteiger partial charge in [-0.25, -0.2) is 0 Å². The maximum atomic E-state index is 13.2. The molecule has 2 aromatic carbocycles. The summed E-state index contributed by atoms with van der Waals surface area (Å²) < 4.78 is 4.13. The van der Waals surface area contributed by atoms with Crippen molar-refractivity contribution in [1.82, 2.24) is 4.57 Å². The average Bonchev–Trinajstić information content (AvgIpc) is 3.20. The minimum absolute atomic E-state index is 0.0895. The molecule has 4 heteroatoms. The Morgan fingerprint density at radius 3 is 2.57 bits per heavy atom. The maximum absolute atomic E-state index is 13.2. The Hall–Kier alpha value is -3.40. The molecule has 150 valence electrons. The Morgan fingerprint density at radius 1 is 1.13 bits per heavy atom. The quantitative estimate of drug-likeness (QED) is 0.496. The maximum Gasteiger partial charge on any atom is 0.209 e. The third-order valence-corrected chi connectivity index (χ3v) is 6.90. The van der Waals surface area contributed by atoms with Crippen LogP contribution in [0.3, 0.4) is 0 Å². The molecule has 0 radical (unpaired) electrons. The number of hydrogen-bond acceptors (Lipinski definition) is 2. The van der Waals surface area contributed by atoms with Crippen LogP contribution in [0, 0.1) is 0 Å². The number of allylic oxidation sites excluding steroid dienone is 3. The second-order valence-corrected chi connectivity index (χ2v) is 8.43. The van der Waals surface area contributed by atoms with Crippen molar-refractivity contribution in [1.29, 1.82) is 0 Å². The number of rotatable bonds is 3. The van der Waals surface area contributed by atoms with E-state index in [-0.39, 0.29) is 17.0 Å². The zero-order valence-corrected chi connectivity index (χ0v) is 17.7. The second kappa shape index (κ2) is 6.30. The van der Waals surface area contributed by atoms with Gasteiger partial charge in [-0.15, -0.1) is 0 Å². The highest BCUT2D eigenvalue weighted by atomic mass is 16.3. The molecule has 30 heavy (non-hydrogen) atoms. The fourth-order valence-corrected chi connectivity index (χ4v) is 4.98. The molecule has 3 aromatic rings. The van der Waals surface area contributed by atoms with Crippen molar-refractivity contribution in [2.45, 2.75) is 25.7 Å².